The third-order valence-electron chi connectivity index (χ3n) is 2.89. The lowest BCUT2D eigenvalue weighted by Gasteiger charge is -2.19. The molecule has 0 saturated heterocycles. The molecule has 1 aliphatic carbocycles. The Kier molecular flexibility index (Phi) is 2.28. The molecule has 1 aliphatic rings. The van der Waals surface area contributed by atoms with Crippen LogP contribution in [-0.2, 0) is 6.42 Å². The van der Waals surface area contributed by atoms with E-state index in [-0.39, 0.29) is 0 Å². The van der Waals surface area contributed by atoms with Crippen molar-refractivity contribution in [2.45, 2.75) is 33.1 Å². The molecule has 0 atom stereocenters. The molecule has 0 spiro atoms. The maximum absolute atomic E-state index is 8.91. The molecule has 14 heavy (non-hydrogen) atoms. The first-order valence-electron chi connectivity index (χ1n) is 5.04. The molecule has 1 N–H and O–H groups in total. The van der Waals surface area contributed by atoms with Gasteiger partial charge in [-0.15, -0.1) is 0 Å². The molecule has 74 valence electrons. The van der Waals surface area contributed by atoms with E-state index in [0.717, 1.165) is 30.5 Å². The number of oxime groups is 1. The molecule has 0 heterocycles. The van der Waals surface area contributed by atoms with Gasteiger partial charge in [-0.05, 0) is 50.3 Å². The topological polar surface area (TPSA) is 32.6 Å². The van der Waals surface area contributed by atoms with Crippen LogP contribution in [0.3, 0.4) is 0 Å². The van der Waals surface area contributed by atoms with Gasteiger partial charge in [-0.1, -0.05) is 16.8 Å². The van der Waals surface area contributed by atoms with Crippen LogP contribution < -0.4 is 0 Å². The summed E-state index contributed by atoms with van der Waals surface area (Å²) in [5.41, 5.74) is 5.91. The van der Waals surface area contributed by atoms with Crippen LogP contribution in [0.5, 0.6) is 0 Å². The lowest BCUT2D eigenvalue weighted by Crippen LogP contribution is -2.13. The van der Waals surface area contributed by atoms with Crippen molar-refractivity contribution in [3.8, 4) is 0 Å². The Morgan fingerprint density at radius 2 is 2.00 bits per heavy atom. The van der Waals surface area contributed by atoms with Gasteiger partial charge in [0.1, 0.15) is 0 Å². The molecular formula is C12H15NO. The summed E-state index contributed by atoms with van der Waals surface area (Å²) in [6.07, 6.45) is 3.10. The predicted octanol–water partition coefficient (Wildman–Crippen LogP) is 2.82. The standard InChI is InChI=1S/C12H15NO/c1-8-6-9(2)10-4-3-5-12(13-14)11(10)7-8/h6-7,14H,3-5H2,1-2H3/b13-12-. The molecule has 0 fully saturated rings. The summed E-state index contributed by atoms with van der Waals surface area (Å²) >= 11 is 0. The first-order valence-corrected chi connectivity index (χ1v) is 5.04. The summed E-state index contributed by atoms with van der Waals surface area (Å²) in [4.78, 5) is 0. The van der Waals surface area contributed by atoms with Crippen molar-refractivity contribution >= 4 is 5.71 Å². The molecular weight excluding hydrogens is 174 g/mol. The Labute approximate surface area is 84.3 Å². The van der Waals surface area contributed by atoms with Gasteiger partial charge < -0.3 is 5.21 Å². The van der Waals surface area contributed by atoms with Gasteiger partial charge >= 0.3 is 0 Å². The Hall–Kier alpha value is -1.31. The van der Waals surface area contributed by atoms with Gasteiger partial charge in [-0.25, -0.2) is 0 Å². The largest absolute Gasteiger partial charge is 0.411 e. The highest BCUT2D eigenvalue weighted by Gasteiger charge is 2.17. The Balaban J connectivity index is 2.62. The van der Waals surface area contributed by atoms with Gasteiger partial charge in [0.2, 0.25) is 0 Å². The zero-order valence-corrected chi connectivity index (χ0v) is 8.67. The van der Waals surface area contributed by atoms with E-state index in [1.807, 2.05) is 0 Å². The molecule has 1 aromatic rings. The number of rotatable bonds is 0. The molecule has 1 aromatic carbocycles. The number of aryl methyl sites for hydroxylation is 2. The first kappa shape index (κ1) is 9.25. The van der Waals surface area contributed by atoms with E-state index in [0.29, 0.717) is 0 Å². The Bertz CT molecular complexity index is 394. The van der Waals surface area contributed by atoms with Crippen molar-refractivity contribution in [2.75, 3.05) is 0 Å². The van der Waals surface area contributed by atoms with Gasteiger partial charge in [0.25, 0.3) is 0 Å². The number of fused-ring (bicyclic) bond motifs is 1. The monoisotopic (exact) mass is 189 g/mol. The summed E-state index contributed by atoms with van der Waals surface area (Å²) in [7, 11) is 0. The fourth-order valence-corrected chi connectivity index (χ4v) is 2.26. The average molecular weight is 189 g/mol. The van der Waals surface area contributed by atoms with E-state index >= 15 is 0 Å². The van der Waals surface area contributed by atoms with Crippen LogP contribution in [0.4, 0.5) is 0 Å². The lowest BCUT2D eigenvalue weighted by molar-refractivity contribution is 0.317. The van der Waals surface area contributed by atoms with Gasteiger partial charge in [-0.3, -0.25) is 0 Å². The minimum atomic E-state index is 0.845. The molecule has 2 nitrogen and oxygen atoms in total. The highest BCUT2D eigenvalue weighted by Crippen LogP contribution is 2.25. The minimum Gasteiger partial charge on any atom is -0.411 e. The number of benzene rings is 1. The minimum absolute atomic E-state index is 0.845. The van der Waals surface area contributed by atoms with E-state index < -0.39 is 0 Å². The zero-order chi connectivity index (χ0) is 10.1. The van der Waals surface area contributed by atoms with Crippen LogP contribution in [0, 0.1) is 13.8 Å². The highest BCUT2D eigenvalue weighted by molar-refractivity contribution is 6.02. The lowest BCUT2D eigenvalue weighted by atomic mass is 9.86. The number of hydrogen-bond acceptors (Lipinski definition) is 2. The quantitative estimate of drug-likeness (QED) is 0.494. The van der Waals surface area contributed by atoms with Crippen LogP contribution in [0.25, 0.3) is 0 Å². The molecule has 2 heteroatoms. The average Bonchev–Trinajstić information content (AvgIpc) is 2.17. The van der Waals surface area contributed by atoms with Gasteiger partial charge in [0, 0.05) is 5.56 Å². The maximum atomic E-state index is 8.91. The summed E-state index contributed by atoms with van der Waals surface area (Å²) in [5.74, 6) is 0. The number of hydrogen-bond donors (Lipinski definition) is 1. The fourth-order valence-electron chi connectivity index (χ4n) is 2.26. The van der Waals surface area contributed by atoms with E-state index in [1.165, 1.54) is 16.7 Å². The van der Waals surface area contributed by atoms with Crippen molar-refractivity contribution in [2.24, 2.45) is 5.16 Å². The van der Waals surface area contributed by atoms with Crippen LogP contribution in [0.15, 0.2) is 17.3 Å². The van der Waals surface area contributed by atoms with Gasteiger partial charge in [0.15, 0.2) is 0 Å². The Morgan fingerprint density at radius 3 is 2.71 bits per heavy atom. The van der Waals surface area contributed by atoms with Crippen molar-refractivity contribution in [1.29, 1.82) is 0 Å². The predicted molar refractivity (Wildman–Crippen MR) is 57.2 cm³/mol. The molecule has 0 aromatic heterocycles. The van der Waals surface area contributed by atoms with Gasteiger partial charge in [0.05, 0.1) is 5.71 Å². The molecule has 0 saturated carbocycles. The third-order valence-corrected chi connectivity index (χ3v) is 2.89. The molecule has 0 unspecified atom stereocenters. The zero-order valence-electron chi connectivity index (χ0n) is 8.67. The second-order valence-corrected chi connectivity index (χ2v) is 4.01. The number of nitrogens with zero attached hydrogens (tertiary/aromatic N) is 1. The third kappa shape index (κ3) is 1.41. The van der Waals surface area contributed by atoms with Gasteiger partial charge in [-0.2, -0.15) is 0 Å². The van der Waals surface area contributed by atoms with E-state index in [4.69, 9.17) is 5.21 Å². The second kappa shape index (κ2) is 3.45. The van der Waals surface area contributed by atoms with Crippen molar-refractivity contribution < 1.29 is 5.21 Å². The maximum Gasteiger partial charge on any atom is 0.0870 e. The van der Waals surface area contributed by atoms with Crippen LogP contribution in [-0.4, -0.2) is 10.9 Å². The van der Waals surface area contributed by atoms with Crippen molar-refractivity contribution in [1.82, 2.24) is 0 Å². The second-order valence-electron chi connectivity index (χ2n) is 4.01. The summed E-state index contributed by atoms with van der Waals surface area (Å²) in [5, 5.41) is 12.3. The van der Waals surface area contributed by atoms with Crippen LogP contribution in [0.1, 0.15) is 35.1 Å². The normalized spacial score (nSPS) is 18.3. The van der Waals surface area contributed by atoms with E-state index in [2.05, 4.69) is 31.1 Å². The molecule has 0 radical (unpaired) electrons. The fraction of sp³-hybridized carbons (Fsp3) is 0.417. The SMILES string of the molecule is Cc1cc(C)c2c(c1)/C(=N\O)CCC2. The van der Waals surface area contributed by atoms with E-state index in [1.54, 1.807) is 0 Å². The molecule has 2 rings (SSSR count). The van der Waals surface area contributed by atoms with Crippen molar-refractivity contribution in [3.05, 3.63) is 34.4 Å². The van der Waals surface area contributed by atoms with E-state index in [9.17, 15) is 0 Å². The Morgan fingerprint density at radius 1 is 1.21 bits per heavy atom. The molecule has 0 amide bonds. The summed E-state index contributed by atoms with van der Waals surface area (Å²) in [6.45, 7) is 4.21. The first-order chi connectivity index (χ1) is 6.72. The highest BCUT2D eigenvalue weighted by atomic mass is 16.4. The molecule has 0 bridgehead atoms. The van der Waals surface area contributed by atoms with Crippen LogP contribution in [0.2, 0.25) is 0 Å². The summed E-state index contributed by atoms with van der Waals surface area (Å²) in [6, 6.07) is 4.32. The summed E-state index contributed by atoms with van der Waals surface area (Å²) < 4.78 is 0. The van der Waals surface area contributed by atoms with Crippen molar-refractivity contribution in [3.63, 3.8) is 0 Å². The molecule has 0 aliphatic heterocycles. The smallest absolute Gasteiger partial charge is 0.0870 e. The van der Waals surface area contributed by atoms with Crippen LogP contribution >= 0.6 is 0 Å².